The van der Waals surface area contributed by atoms with Gasteiger partial charge in [0.1, 0.15) is 0 Å². The van der Waals surface area contributed by atoms with Crippen LogP contribution in [-0.4, -0.2) is 26.2 Å². The highest BCUT2D eigenvalue weighted by atomic mass is 15.2. The van der Waals surface area contributed by atoms with Crippen LogP contribution in [0.15, 0.2) is 24.3 Å². The molecule has 1 aromatic carbocycles. The number of hydrogen-bond acceptors (Lipinski definition) is 2. The van der Waals surface area contributed by atoms with Crippen LogP contribution < -0.4 is 10.2 Å². The van der Waals surface area contributed by atoms with E-state index in [0.29, 0.717) is 6.04 Å². The molecule has 0 bridgehead atoms. The molecule has 2 nitrogen and oxygen atoms in total. The predicted molar refractivity (Wildman–Crippen MR) is 77.2 cm³/mol. The van der Waals surface area contributed by atoms with Crippen molar-refractivity contribution in [1.82, 2.24) is 5.32 Å². The third-order valence-electron chi connectivity index (χ3n) is 4.74. The molecule has 1 aliphatic carbocycles. The molecule has 3 rings (SSSR count). The van der Waals surface area contributed by atoms with E-state index in [0.717, 1.165) is 5.92 Å². The normalized spacial score (nSPS) is 21.3. The molecule has 1 saturated carbocycles. The van der Waals surface area contributed by atoms with Crippen LogP contribution in [0.1, 0.15) is 31.2 Å². The first kappa shape index (κ1) is 12.0. The standard InChI is InChI=1S/C16H24N2/c1-17-15(13-6-2-3-7-13)12-18-11-10-14-8-4-5-9-16(14)18/h4-5,8-9,13,15,17H,2-3,6-7,10-12H2,1H3. The van der Waals surface area contributed by atoms with Crippen molar-refractivity contribution < 1.29 is 0 Å². The molecular formula is C16H24N2. The quantitative estimate of drug-likeness (QED) is 0.876. The molecule has 0 spiro atoms. The van der Waals surface area contributed by atoms with Gasteiger partial charge >= 0.3 is 0 Å². The number of fused-ring (bicyclic) bond motifs is 1. The number of nitrogens with one attached hydrogen (secondary N) is 1. The summed E-state index contributed by atoms with van der Waals surface area (Å²) in [5.41, 5.74) is 2.99. The van der Waals surface area contributed by atoms with Crippen LogP contribution in [0.2, 0.25) is 0 Å². The van der Waals surface area contributed by atoms with Gasteiger partial charge < -0.3 is 10.2 Å². The molecular weight excluding hydrogens is 220 g/mol. The van der Waals surface area contributed by atoms with Crippen LogP contribution in [0.3, 0.4) is 0 Å². The lowest BCUT2D eigenvalue weighted by Crippen LogP contribution is -2.43. The topological polar surface area (TPSA) is 15.3 Å². The Hall–Kier alpha value is -1.02. The Labute approximate surface area is 110 Å². The van der Waals surface area contributed by atoms with Gasteiger partial charge in [0.15, 0.2) is 0 Å². The number of para-hydroxylation sites is 1. The van der Waals surface area contributed by atoms with Crippen LogP contribution in [-0.2, 0) is 6.42 Å². The summed E-state index contributed by atoms with van der Waals surface area (Å²) in [5.74, 6) is 0.891. The summed E-state index contributed by atoms with van der Waals surface area (Å²) in [6.45, 7) is 2.38. The average Bonchev–Trinajstić information content (AvgIpc) is 3.06. The van der Waals surface area contributed by atoms with E-state index in [-0.39, 0.29) is 0 Å². The fourth-order valence-electron chi connectivity index (χ4n) is 3.67. The zero-order valence-electron chi connectivity index (χ0n) is 11.4. The minimum absolute atomic E-state index is 0.665. The van der Waals surface area contributed by atoms with Gasteiger partial charge in [-0.3, -0.25) is 0 Å². The van der Waals surface area contributed by atoms with E-state index >= 15 is 0 Å². The molecule has 98 valence electrons. The summed E-state index contributed by atoms with van der Waals surface area (Å²) in [5, 5.41) is 3.56. The number of benzene rings is 1. The third-order valence-corrected chi connectivity index (χ3v) is 4.74. The van der Waals surface area contributed by atoms with Gasteiger partial charge in [0.05, 0.1) is 0 Å². The third kappa shape index (κ3) is 2.26. The van der Waals surface area contributed by atoms with Crippen molar-refractivity contribution in [1.29, 1.82) is 0 Å². The lowest BCUT2D eigenvalue weighted by molar-refractivity contribution is 0.379. The van der Waals surface area contributed by atoms with Gasteiger partial charge in [-0.1, -0.05) is 31.0 Å². The molecule has 1 fully saturated rings. The highest BCUT2D eigenvalue weighted by Crippen LogP contribution is 2.31. The molecule has 2 heteroatoms. The van der Waals surface area contributed by atoms with Gasteiger partial charge in [-0.2, -0.15) is 0 Å². The maximum atomic E-state index is 3.56. The van der Waals surface area contributed by atoms with Crippen LogP contribution in [0.5, 0.6) is 0 Å². The van der Waals surface area contributed by atoms with Crippen molar-refractivity contribution in [2.75, 3.05) is 25.0 Å². The van der Waals surface area contributed by atoms with E-state index in [1.807, 2.05) is 0 Å². The number of anilines is 1. The lowest BCUT2D eigenvalue weighted by Gasteiger charge is -2.29. The van der Waals surface area contributed by atoms with Crippen molar-refractivity contribution in [2.24, 2.45) is 5.92 Å². The second-order valence-electron chi connectivity index (χ2n) is 5.76. The first-order chi connectivity index (χ1) is 8.88. The minimum atomic E-state index is 0.665. The Bertz CT molecular complexity index is 396. The predicted octanol–water partition coefficient (Wildman–Crippen LogP) is 2.83. The summed E-state index contributed by atoms with van der Waals surface area (Å²) >= 11 is 0. The summed E-state index contributed by atoms with van der Waals surface area (Å²) in [6.07, 6.45) is 6.91. The first-order valence-electron chi connectivity index (χ1n) is 7.38. The molecule has 1 aliphatic heterocycles. The van der Waals surface area contributed by atoms with Crippen LogP contribution in [0, 0.1) is 5.92 Å². The fraction of sp³-hybridized carbons (Fsp3) is 0.625. The molecule has 1 unspecified atom stereocenters. The molecule has 0 aromatic heterocycles. The van der Waals surface area contributed by atoms with E-state index in [1.54, 1.807) is 0 Å². The van der Waals surface area contributed by atoms with Gasteiger partial charge in [0.2, 0.25) is 0 Å². The van der Waals surface area contributed by atoms with Gasteiger partial charge in [0, 0.05) is 24.8 Å². The van der Waals surface area contributed by atoms with Crippen LogP contribution >= 0.6 is 0 Å². The van der Waals surface area contributed by atoms with Crippen LogP contribution in [0.25, 0.3) is 0 Å². The Morgan fingerprint density at radius 3 is 2.83 bits per heavy atom. The van der Waals surface area contributed by atoms with E-state index in [9.17, 15) is 0 Å². The SMILES string of the molecule is CNC(CN1CCc2ccccc21)C1CCCC1. The summed E-state index contributed by atoms with van der Waals surface area (Å²) in [4.78, 5) is 2.58. The van der Waals surface area contributed by atoms with Crippen molar-refractivity contribution >= 4 is 5.69 Å². The molecule has 1 aromatic rings. The monoisotopic (exact) mass is 244 g/mol. The molecule has 1 atom stereocenters. The largest absolute Gasteiger partial charge is 0.369 e. The molecule has 0 saturated heterocycles. The van der Waals surface area contributed by atoms with Gasteiger partial charge in [-0.15, -0.1) is 0 Å². The molecule has 0 amide bonds. The van der Waals surface area contributed by atoms with Crippen molar-refractivity contribution in [3.05, 3.63) is 29.8 Å². The first-order valence-corrected chi connectivity index (χ1v) is 7.38. The summed E-state index contributed by atoms with van der Waals surface area (Å²) < 4.78 is 0. The minimum Gasteiger partial charge on any atom is -0.369 e. The fourth-order valence-corrected chi connectivity index (χ4v) is 3.67. The second kappa shape index (κ2) is 5.31. The van der Waals surface area contributed by atoms with Crippen molar-refractivity contribution in [3.8, 4) is 0 Å². The maximum Gasteiger partial charge on any atom is 0.0400 e. The Kier molecular flexibility index (Phi) is 3.55. The summed E-state index contributed by atoms with van der Waals surface area (Å²) in [6, 6.07) is 9.55. The van der Waals surface area contributed by atoms with E-state index in [1.165, 1.54) is 56.4 Å². The van der Waals surface area contributed by atoms with Crippen LogP contribution in [0.4, 0.5) is 5.69 Å². The number of hydrogen-bond donors (Lipinski definition) is 1. The Balaban J connectivity index is 1.69. The number of likely N-dealkylation sites (N-methyl/N-ethyl adjacent to an activating group) is 1. The Morgan fingerprint density at radius 2 is 2.06 bits per heavy atom. The average molecular weight is 244 g/mol. The highest BCUT2D eigenvalue weighted by molar-refractivity contribution is 5.57. The molecule has 18 heavy (non-hydrogen) atoms. The molecule has 0 radical (unpaired) electrons. The molecule has 1 heterocycles. The number of rotatable bonds is 4. The Morgan fingerprint density at radius 1 is 1.28 bits per heavy atom. The highest BCUT2D eigenvalue weighted by Gasteiger charge is 2.27. The zero-order valence-corrected chi connectivity index (χ0v) is 11.4. The van der Waals surface area contributed by atoms with E-state index < -0.39 is 0 Å². The van der Waals surface area contributed by atoms with Gasteiger partial charge in [-0.05, 0) is 43.9 Å². The van der Waals surface area contributed by atoms with E-state index in [4.69, 9.17) is 0 Å². The maximum absolute atomic E-state index is 3.56. The van der Waals surface area contributed by atoms with Gasteiger partial charge in [0.25, 0.3) is 0 Å². The van der Waals surface area contributed by atoms with Gasteiger partial charge in [-0.25, -0.2) is 0 Å². The molecule has 2 aliphatic rings. The van der Waals surface area contributed by atoms with Crippen molar-refractivity contribution in [2.45, 2.75) is 38.1 Å². The second-order valence-corrected chi connectivity index (χ2v) is 5.76. The van der Waals surface area contributed by atoms with Crippen molar-refractivity contribution in [3.63, 3.8) is 0 Å². The summed E-state index contributed by atoms with van der Waals surface area (Å²) in [7, 11) is 2.13. The smallest absolute Gasteiger partial charge is 0.0400 e. The molecule has 1 N–H and O–H groups in total. The number of nitrogens with zero attached hydrogens (tertiary/aromatic N) is 1. The lowest BCUT2D eigenvalue weighted by atomic mass is 9.97. The van der Waals surface area contributed by atoms with E-state index in [2.05, 4.69) is 41.5 Å². The zero-order chi connectivity index (χ0) is 12.4.